The third kappa shape index (κ3) is 5.27. The maximum Gasteiger partial charge on any atom is 0.0308 e. The van der Waals surface area contributed by atoms with Gasteiger partial charge in [0.25, 0.3) is 0 Å². The van der Waals surface area contributed by atoms with Crippen molar-refractivity contribution in [2.45, 2.75) is 79.3 Å². The lowest BCUT2D eigenvalue weighted by Crippen LogP contribution is -2.61. The molecule has 0 unspecified atom stereocenters. The van der Waals surface area contributed by atoms with Crippen LogP contribution in [-0.2, 0) is 0 Å². The van der Waals surface area contributed by atoms with Gasteiger partial charge in [0.2, 0.25) is 0 Å². The standard InChI is InChI=1S/C16H36N2/c1-13(2)11-15(5,6)18(17(9)10)16(7,8)12-14(3)4/h13-14H,11-12H2,1-10H3. The van der Waals surface area contributed by atoms with E-state index in [1.54, 1.807) is 0 Å². The maximum atomic E-state index is 2.57. The van der Waals surface area contributed by atoms with E-state index in [4.69, 9.17) is 0 Å². The zero-order chi connectivity index (χ0) is 14.7. The van der Waals surface area contributed by atoms with Gasteiger partial charge in [0.15, 0.2) is 0 Å². The van der Waals surface area contributed by atoms with Crippen LogP contribution in [0.5, 0.6) is 0 Å². The van der Waals surface area contributed by atoms with Gasteiger partial charge in [0.1, 0.15) is 0 Å². The SMILES string of the molecule is CC(C)CC(C)(C)N(N(C)C)C(C)(C)CC(C)C. The summed E-state index contributed by atoms with van der Waals surface area (Å²) in [5, 5.41) is 4.85. The predicted octanol–water partition coefficient (Wildman–Crippen LogP) is 4.41. The Labute approximate surface area is 116 Å². The van der Waals surface area contributed by atoms with E-state index < -0.39 is 0 Å². The molecule has 2 heteroatoms. The number of nitrogens with zero attached hydrogens (tertiary/aromatic N) is 2. The van der Waals surface area contributed by atoms with Crippen molar-refractivity contribution in [2.75, 3.05) is 14.1 Å². The van der Waals surface area contributed by atoms with Gasteiger partial charge < -0.3 is 0 Å². The van der Waals surface area contributed by atoms with Crippen LogP contribution in [0.25, 0.3) is 0 Å². The van der Waals surface area contributed by atoms with Crippen LogP contribution in [0.2, 0.25) is 0 Å². The summed E-state index contributed by atoms with van der Waals surface area (Å²) in [7, 11) is 4.34. The average molecular weight is 256 g/mol. The molecule has 0 bridgehead atoms. The van der Waals surface area contributed by atoms with Crippen molar-refractivity contribution in [3.8, 4) is 0 Å². The minimum Gasteiger partial charge on any atom is -0.247 e. The highest BCUT2D eigenvalue weighted by Gasteiger charge is 2.39. The van der Waals surface area contributed by atoms with E-state index in [9.17, 15) is 0 Å². The molecule has 0 aromatic rings. The first-order valence-corrected chi connectivity index (χ1v) is 7.37. The third-order valence-corrected chi connectivity index (χ3v) is 3.36. The van der Waals surface area contributed by atoms with Crippen LogP contribution in [0.1, 0.15) is 68.2 Å². The molecule has 0 aromatic carbocycles. The van der Waals surface area contributed by atoms with Crippen LogP contribution in [0, 0.1) is 11.8 Å². The number of rotatable bonds is 7. The Hall–Kier alpha value is -0.0800. The van der Waals surface area contributed by atoms with Gasteiger partial charge in [-0.15, -0.1) is 0 Å². The summed E-state index contributed by atoms with van der Waals surface area (Å²) >= 11 is 0. The molecule has 0 N–H and O–H groups in total. The van der Waals surface area contributed by atoms with E-state index in [0.29, 0.717) is 0 Å². The molecule has 2 nitrogen and oxygen atoms in total. The number of hydrazine groups is 1. The predicted molar refractivity (Wildman–Crippen MR) is 82.6 cm³/mol. The van der Waals surface area contributed by atoms with Gasteiger partial charge in [-0.3, -0.25) is 0 Å². The van der Waals surface area contributed by atoms with Crippen LogP contribution < -0.4 is 0 Å². The normalized spacial score (nSPS) is 14.3. The molecule has 0 rings (SSSR count). The summed E-state index contributed by atoms with van der Waals surface area (Å²) in [6.07, 6.45) is 2.43. The maximum absolute atomic E-state index is 2.57. The van der Waals surface area contributed by atoms with Crippen LogP contribution in [0.3, 0.4) is 0 Å². The van der Waals surface area contributed by atoms with Gasteiger partial charge in [0, 0.05) is 25.2 Å². The molecule has 0 heterocycles. The Kier molecular flexibility index (Phi) is 6.35. The smallest absolute Gasteiger partial charge is 0.0308 e. The molecule has 0 spiro atoms. The van der Waals surface area contributed by atoms with Crippen molar-refractivity contribution in [1.82, 2.24) is 10.0 Å². The molecule has 0 aliphatic rings. The molecule has 0 aromatic heterocycles. The Morgan fingerprint density at radius 2 is 1.00 bits per heavy atom. The first kappa shape index (κ1) is 17.9. The highest BCUT2D eigenvalue weighted by Crippen LogP contribution is 2.34. The van der Waals surface area contributed by atoms with Gasteiger partial charge in [-0.05, 0) is 52.4 Å². The third-order valence-electron chi connectivity index (χ3n) is 3.36. The highest BCUT2D eigenvalue weighted by molar-refractivity contribution is 4.91. The zero-order valence-electron chi connectivity index (χ0n) is 14.5. The van der Waals surface area contributed by atoms with Crippen molar-refractivity contribution >= 4 is 0 Å². The van der Waals surface area contributed by atoms with E-state index >= 15 is 0 Å². The van der Waals surface area contributed by atoms with Gasteiger partial charge in [-0.25, -0.2) is 10.0 Å². The van der Waals surface area contributed by atoms with Crippen LogP contribution in [0.4, 0.5) is 0 Å². The average Bonchev–Trinajstić information content (AvgIpc) is 1.92. The van der Waals surface area contributed by atoms with E-state index in [1.165, 1.54) is 12.8 Å². The monoisotopic (exact) mass is 256 g/mol. The lowest BCUT2D eigenvalue weighted by atomic mass is 9.84. The molecule has 0 aliphatic carbocycles. The molecule has 0 amide bonds. The Bertz CT molecular complexity index is 217. The molecule has 18 heavy (non-hydrogen) atoms. The Morgan fingerprint density at radius 3 is 1.17 bits per heavy atom. The summed E-state index contributed by atoms with van der Waals surface area (Å²) in [6, 6.07) is 0. The van der Waals surface area contributed by atoms with Crippen molar-refractivity contribution in [3.63, 3.8) is 0 Å². The zero-order valence-corrected chi connectivity index (χ0v) is 14.5. The largest absolute Gasteiger partial charge is 0.247 e. The number of hydrogen-bond donors (Lipinski definition) is 0. The molecule has 0 aliphatic heterocycles. The van der Waals surface area contributed by atoms with E-state index in [2.05, 4.69) is 79.5 Å². The summed E-state index contributed by atoms with van der Waals surface area (Å²) < 4.78 is 0. The van der Waals surface area contributed by atoms with Crippen LogP contribution >= 0.6 is 0 Å². The highest BCUT2D eigenvalue weighted by atomic mass is 15.6. The van der Waals surface area contributed by atoms with Crippen molar-refractivity contribution < 1.29 is 0 Å². The fourth-order valence-electron chi connectivity index (χ4n) is 4.07. The van der Waals surface area contributed by atoms with E-state index in [0.717, 1.165) is 11.8 Å². The molecule has 0 saturated heterocycles. The minimum absolute atomic E-state index is 0.191. The van der Waals surface area contributed by atoms with Crippen molar-refractivity contribution in [1.29, 1.82) is 0 Å². The van der Waals surface area contributed by atoms with Gasteiger partial charge in [0.05, 0.1) is 0 Å². The Morgan fingerprint density at radius 1 is 0.722 bits per heavy atom. The molecular weight excluding hydrogens is 220 g/mol. The van der Waals surface area contributed by atoms with Crippen molar-refractivity contribution in [3.05, 3.63) is 0 Å². The second kappa shape index (κ2) is 6.38. The lowest BCUT2D eigenvalue weighted by Gasteiger charge is -2.53. The summed E-state index contributed by atoms with van der Waals surface area (Å²) in [4.78, 5) is 0. The topological polar surface area (TPSA) is 6.48 Å². The fraction of sp³-hybridized carbons (Fsp3) is 1.00. The first-order chi connectivity index (χ1) is 7.90. The van der Waals surface area contributed by atoms with Gasteiger partial charge >= 0.3 is 0 Å². The molecule has 0 atom stereocenters. The van der Waals surface area contributed by atoms with Crippen molar-refractivity contribution in [2.24, 2.45) is 11.8 Å². The van der Waals surface area contributed by atoms with E-state index in [-0.39, 0.29) is 11.1 Å². The molecule has 0 radical (unpaired) electrons. The van der Waals surface area contributed by atoms with Gasteiger partial charge in [-0.2, -0.15) is 0 Å². The van der Waals surface area contributed by atoms with Crippen LogP contribution in [0.15, 0.2) is 0 Å². The minimum atomic E-state index is 0.191. The first-order valence-electron chi connectivity index (χ1n) is 7.37. The van der Waals surface area contributed by atoms with E-state index in [1.807, 2.05) is 0 Å². The summed E-state index contributed by atoms with van der Waals surface area (Å²) in [6.45, 7) is 18.7. The summed E-state index contributed by atoms with van der Waals surface area (Å²) in [5.74, 6) is 1.44. The summed E-state index contributed by atoms with van der Waals surface area (Å²) in [5.41, 5.74) is 0.381. The van der Waals surface area contributed by atoms with Crippen LogP contribution in [-0.4, -0.2) is 35.2 Å². The Balaban J connectivity index is 5.17. The van der Waals surface area contributed by atoms with Gasteiger partial charge in [-0.1, -0.05) is 27.7 Å². The molecule has 0 saturated carbocycles. The lowest BCUT2D eigenvalue weighted by molar-refractivity contribution is -0.145. The second-order valence-corrected chi connectivity index (χ2v) is 7.98. The second-order valence-electron chi connectivity index (χ2n) is 7.98. The fourth-order valence-corrected chi connectivity index (χ4v) is 4.07. The molecule has 110 valence electrons. The molecular formula is C16H36N2. The quantitative estimate of drug-likeness (QED) is 0.622. The number of hydrogen-bond acceptors (Lipinski definition) is 2. The molecule has 0 fully saturated rings.